The van der Waals surface area contributed by atoms with Crippen molar-refractivity contribution in [1.29, 1.82) is 0 Å². The third-order valence-electron chi connectivity index (χ3n) is 4.99. The molecule has 1 atom stereocenters. The Balaban J connectivity index is 1.82. The second-order valence-corrected chi connectivity index (χ2v) is 8.48. The second kappa shape index (κ2) is 9.07. The summed E-state index contributed by atoms with van der Waals surface area (Å²) in [4.78, 5) is 43.3. The average Bonchev–Trinajstić information content (AvgIpc) is 2.74. The summed E-state index contributed by atoms with van der Waals surface area (Å²) in [6, 6.07) is 2.14. The number of hydrogen-bond donors (Lipinski definition) is 1. The minimum Gasteiger partial charge on any atom is -0.324 e. The number of amidine groups is 1. The highest BCUT2D eigenvalue weighted by Gasteiger charge is 2.48. The van der Waals surface area contributed by atoms with Gasteiger partial charge in [-0.05, 0) is 30.2 Å². The van der Waals surface area contributed by atoms with Gasteiger partial charge in [-0.15, -0.1) is 16.8 Å². The fraction of sp³-hybridized carbons (Fsp3) is 0.350. The minimum atomic E-state index is -4.58. The summed E-state index contributed by atoms with van der Waals surface area (Å²) in [7, 11) is 2.87. The molecule has 0 saturated heterocycles. The van der Waals surface area contributed by atoms with Crippen LogP contribution in [0.2, 0.25) is 5.02 Å². The van der Waals surface area contributed by atoms with Gasteiger partial charge in [0.05, 0.1) is 36.1 Å². The van der Waals surface area contributed by atoms with Gasteiger partial charge in [-0.1, -0.05) is 18.5 Å². The molecule has 0 spiro atoms. The number of carbonyl (C=O) groups is 3. The van der Waals surface area contributed by atoms with E-state index in [1.165, 1.54) is 18.7 Å². The average molecular weight is 488 g/mol. The monoisotopic (exact) mass is 487 g/mol. The molecular weight excluding hydrogens is 469 g/mol. The van der Waals surface area contributed by atoms with E-state index in [2.05, 4.69) is 10.3 Å². The molecule has 2 aliphatic rings. The number of benzene rings is 1. The quantitative estimate of drug-likeness (QED) is 0.636. The SMILES string of the molecule is CCC1=C(SCC(=O)Nc2cc(C(F)(F)F)ccc2Cl)C2C(=O)N(C)C(=O)[N+](C)=C2N=C1. The van der Waals surface area contributed by atoms with Gasteiger partial charge in [0.15, 0.2) is 5.92 Å². The van der Waals surface area contributed by atoms with Gasteiger partial charge in [-0.25, -0.2) is 4.79 Å². The van der Waals surface area contributed by atoms with Gasteiger partial charge in [0, 0.05) is 4.91 Å². The highest BCUT2D eigenvalue weighted by atomic mass is 35.5. The van der Waals surface area contributed by atoms with Crippen LogP contribution in [0.1, 0.15) is 18.9 Å². The molecule has 0 saturated carbocycles. The molecule has 1 aromatic rings. The van der Waals surface area contributed by atoms with Crippen molar-refractivity contribution in [2.45, 2.75) is 19.5 Å². The molecule has 1 aromatic carbocycles. The number of aliphatic imine (C=N–C) groups is 1. The van der Waals surface area contributed by atoms with E-state index >= 15 is 0 Å². The molecule has 0 radical (unpaired) electrons. The first-order chi connectivity index (χ1) is 15.0. The topological polar surface area (TPSA) is 81.9 Å². The van der Waals surface area contributed by atoms with Crippen LogP contribution < -0.4 is 5.32 Å². The molecule has 0 fully saturated rings. The molecule has 2 aliphatic heterocycles. The van der Waals surface area contributed by atoms with Crippen molar-refractivity contribution >= 4 is 58.9 Å². The number of alkyl halides is 3. The van der Waals surface area contributed by atoms with Crippen molar-refractivity contribution in [2.75, 3.05) is 25.2 Å². The molecule has 4 amide bonds. The van der Waals surface area contributed by atoms with Crippen LogP contribution in [0.5, 0.6) is 0 Å². The van der Waals surface area contributed by atoms with Crippen LogP contribution in [0.15, 0.2) is 33.7 Å². The largest absolute Gasteiger partial charge is 0.445 e. The Morgan fingerprint density at radius 2 is 2.03 bits per heavy atom. The van der Waals surface area contributed by atoms with Crippen molar-refractivity contribution in [3.8, 4) is 0 Å². The zero-order valence-electron chi connectivity index (χ0n) is 17.3. The van der Waals surface area contributed by atoms with Gasteiger partial charge in [-0.2, -0.15) is 22.6 Å². The Morgan fingerprint density at radius 1 is 1.34 bits per heavy atom. The van der Waals surface area contributed by atoms with E-state index in [9.17, 15) is 27.6 Å². The summed E-state index contributed by atoms with van der Waals surface area (Å²) in [6.07, 6.45) is -2.49. The minimum absolute atomic E-state index is 0.0329. The molecule has 3 rings (SSSR count). The fourth-order valence-corrected chi connectivity index (χ4v) is 4.55. The summed E-state index contributed by atoms with van der Waals surface area (Å²) >= 11 is 7.01. The number of halogens is 4. The van der Waals surface area contributed by atoms with E-state index in [-0.39, 0.29) is 22.3 Å². The molecule has 170 valence electrons. The van der Waals surface area contributed by atoms with Crippen LogP contribution in [0.4, 0.5) is 23.7 Å². The Kier molecular flexibility index (Phi) is 6.80. The van der Waals surface area contributed by atoms with E-state index in [4.69, 9.17) is 11.6 Å². The lowest BCUT2D eigenvalue weighted by Crippen LogP contribution is -2.52. The van der Waals surface area contributed by atoms with Crippen LogP contribution in [-0.4, -0.2) is 59.2 Å². The first-order valence-corrected chi connectivity index (χ1v) is 10.8. The molecule has 2 heterocycles. The number of hydrogen-bond acceptors (Lipinski definition) is 5. The Hall–Kier alpha value is -2.66. The normalized spacial score (nSPS) is 19.0. The van der Waals surface area contributed by atoms with E-state index in [0.717, 1.165) is 40.4 Å². The van der Waals surface area contributed by atoms with Crippen LogP contribution in [0.3, 0.4) is 0 Å². The number of fused-ring (bicyclic) bond motifs is 1. The van der Waals surface area contributed by atoms with E-state index in [0.29, 0.717) is 11.3 Å². The standard InChI is InChI=1S/C20H18ClF3N4O3S/c1-4-10-8-25-17-15(18(30)28(3)19(31)27(17)2)16(10)32-9-14(29)26-13-7-11(20(22,23)24)5-6-12(13)21/h5-8,15H,4,9H2,1-3H3/p+1. The van der Waals surface area contributed by atoms with Crippen molar-refractivity contribution in [3.05, 3.63) is 39.3 Å². The number of imide groups is 1. The molecule has 0 aliphatic carbocycles. The Bertz CT molecular complexity index is 1100. The van der Waals surface area contributed by atoms with Crippen LogP contribution in [-0.2, 0) is 15.8 Å². The lowest BCUT2D eigenvalue weighted by Gasteiger charge is -2.28. The first-order valence-electron chi connectivity index (χ1n) is 9.44. The summed E-state index contributed by atoms with van der Waals surface area (Å²) in [5.74, 6) is -1.81. The van der Waals surface area contributed by atoms with Gasteiger partial charge in [0.25, 0.3) is 5.84 Å². The number of amides is 4. The number of rotatable bonds is 5. The Morgan fingerprint density at radius 3 is 2.66 bits per heavy atom. The molecular formula is C20H19ClF3N4O3S+. The number of anilines is 1. The maximum Gasteiger partial charge on any atom is 0.445 e. The molecule has 0 bridgehead atoms. The third kappa shape index (κ3) is 4.58. The highest BCUT2D eigenvalue weighted by Crippen LogP contribution is 2.37. The molecule has 0 aromatic heterocycles. The predicted octanol–water partition coefficient (Wildman–Crippen LogP) is 4.03. The number of nitrogens with zero attached hydrogens (tertiary/aromatic N) is 3. The molecule has 1 unspecified atom stereocenters. The van der Waals surface area contributed by atoms with Crippen molar-refractivity contribution in [1.82, 2.24) is 4.90 Å². The maximum absolute atomic E-state index is 13.0. The van der Waals surface area contributed by atoms with Gasteiger partial charge < -0.3 is 5.32 Å². The smallest absolute Gasteiger partial charge is 0.324 e. The zero-order chi connectivity index (χ0) is 23.8. The molecule has 12 heteroatoms. The summed E-state index contributed by atoms with van der Waals surface area (Å²) < 4.78 is 40.1. The molecule has 7 nitrogen and oxygen atoms in total. The summed E-state index contributed by atoms with van der Waals surface area (Å²) in [6.45, 7) is 1.86. The first kappa shape index (κ1) is 24.0. The summed E-state index contributed by atoms with van der Waals surface area (Å²) in [5, 5.41) is 2.36. The number of carbonyl (C=O) groups excluding carboxylic acids is 3. The number of urea groups is 1. The second-order valence-electron chi connectivity index (χ2n) is 7.06. The van der Waals surface area contributed by atoms with E-state index in [1.54, 1.807) is 6.21 Å². The zero-order valence-corrected chi connectivity index (χ0v) is 18.9. The number of allylic oxidation sites excluding steroid dienone is 1. The fourth-order valence-electron chi connectivity index (χ4n) is 3.27. The highest BCUT2D eigenvalue weighted by molar-refractivity contribution is 8.03. The van der Waals surface area contributed by atoms with Crippen LogP contribution in [0.25, 0.3) is 0 Å². The van der Waals surface area contributed by atoms with Crippen molar-refractivity contribution in [2.24, 2.45) is 10.9 Å². The maximum atomic E-state index is 13.0. The van der Waals surface area contributed by atoms with Crippen molar-refractivity contribution < 1.29 is 32.1 Å². The van der Waals surface area contributed by atoms with Gasteiger partial charge in [0.1, 0.15) is 6.21 Å². The lowest BCUT2D eigenvalue weighted by atomic mass is 9.97. The van der Waals surface area contributed by atoms with Gasteiger partial charge in [0.2, 0.25) is 5.91 Å². The lowest BCUT2D eigenvalue weighted by molar-refractivity contribution is -0.407. The number of thioether (sulfide) groups is 1. The molecule has 32 heavy (non-hydrogen) atoms. The van der Waals surface area contributed by atoms with Gasteiger partial charge in [-0.3, -0.25) is 9.59 Å². The Labute approximate surface area is 191 Å². The van der Waals surface area contributed by atoms with Gasteiger partial charge >= 0.3 is 18.1 Å². The third-order valence-corrected chi connectivity index (χ3v) is 6.54. The summed E-state index contributed by atoms with van der Waals surface area (Å²) in [5.41, 5.74) is -0.363. The van der Waals surface area contributed by atoms with Crippen LogP contribution >= 0.6 is 23.4 Å². The van der Waals surface area contributed by atoms with E-state index in [1.807, 2.05) is 6.92 Å². The van der Waals surface area contributed by atoms with E-state index < -0.39 is 35.5 Å². The predicted molar refractivity (Wildman–Crippen MR) is 116 cm³/mol. The van der Waals surface area contributed by atoms with Crippen molar-refractivity contribution in [3.63, 3.8) is 0 Å². The van der Waals surface area contributed by atoms with Crippen LogP contribution in [0, 0.1) is 5.92 Å². The number of dihydropyridines is 1. The number of nitrogens with one attached hydrogen (secondary N) is 1. The molecule has 1 N–H and O–H groups in total.